The standard InChI is InChI=1S/C26H37ClF3N3O5/c1-16(38-24(2,3)4)21(31)22(36)32-25(13-17-6-8-19(27)9-7-17)10-5-11-33(15-25)23(37)18(12-20(34)35)14-26(28,29)30/h6-9,16,18,21H,5,10-15,31H2,1-4H3,(H,32,36)(H,34,35)/t16?,18?,21?,25-/m1/s1. The van der Waals surface area contributed by atoms with Crippen LogP contribution in [0.15, 0.2) is 24.3 Å². The molecule has 1 aliphatic heterocycles. The molecule has 1 aromatic carbocycles. The number of nitrogens with two attached hydrogens (primary N) is 1. The molecule has 1 aromatic rings. The molecule has 1 aliphatic rings. The summed E-state index contributed by atoms with van der Waals surface area (Å²) in [6.07, 6.45) is -6.78. The summed E-state index contributed by atoms with van der Waals surface area (Å²) in [5.41, 5.74) is 5.38. The lowest BCUT2D eigenvalue weighted by atomic mass is 9.82. The number of rotatable bonds is 10. The lowest BCUT2D eigenvalue weighted by Gasteiger charge is -2.45. The van der Waals surface area contributed by atoms with Gasteiger partial charge in [0.15, 0.2) is 0 Å². The predicted octanol–water partition coefficient (Wildman–Crippen LogP) is 3.93. The van der Waals surface area contributed by atoms with Crippen molar-refractivity contribution in [3.63, 3.8) is 0 Å². The van der Waals surface area contributed by atoms with Gasteiger partial charge < -0.3 is 25.8 Å². The fraction of sp³-hybridized carbons (Fsp3) is 0.654. The summed E-state index contributed by atoms with van der Waals surface area (Å²) in [7, 11) is 0. The number of hydrogen-bond donors (Lipinski definition) is 3. The quantitative estimate of drug-likeness (QED) is 0.396. The van der Waals surface area contributed by atoms with E-state index < -0.39 is 66.0 Å². The van der Waals surface area contributed by atoms with E-state index in [1.165, 1.54) is 4.90 Å². The molecule has 3 unspecified atom stereocenters. The van der Waals surface area contributed by atoms with E-state index in [1.807, 2.05) is 20.8 Å². The highest BCUT2D eigenvalue weighted by Gasteiger charge is 2.44. The van der Waals surface area contributed by atoms with E-state index in [2.05, 4.69) is 5.32 Å². The van der Waals surface area contributed by atoms with E-state index in [0.29, 0.717) is 17.9 Å². The maximum Gasteiger partial charge on any atom is 0.389 e. The van der Waals surface area contributed by atoms with Gasteiger partial charge in [0, 0.05) is 18.1 Å². The second-order valence-electron chi connectivity index (χ2n) is 11.0. The fourth-order valence-corrected chi connectivity index (χ4v) is 4.91. The van der Waals surface area contributed by atoms with Gasteiger partial charge in [0.25, 0.3) is 0 Å². The summed E-state index contributed by atoms with van der Waals surface area (Å²) in [4.78, 5) is 38.9. The number of carboxylic acid groups (broad SMARTS) is 1. The Labute approximate surface area is 226 Å². The number of nitrogens with one attached hydrogen (secondary N) is 1. The van der Waals surface area contributed by atoms with Gasteiger partial charge in [0.2, 0.25) is 11.8 Å². The van der Waals surface area contributed by atoms with Crippen molar-refractivity contribution in [2.45, 2.75) is 89.3 Å². The maximum absolute atomic E-state index is 13.3. The van der Waals surface area contributed by atoms with Gasteiger partial charge in [0.1, 0.15) is 6.04 Å². The molecule has 4 atom stereocenters. The molecule has 214 valence electrons. The molecule has 0 aliphatic carbocycles. The first kappa shape index (κ1) is 31.8. The molecule has 1 heterocycles. The molecule has 0 spiro atoms. The molecule has 12 heteroatoms. The van der Waals surface area contributed by atoms with Crippen molar-refractivity contribution >= 4 is 29.4 Å². The Morgan fingerprint density at radius 1 is 1.21 bits per heavy atom. The molecule has 0 saturated carbocycles. The Balaban J connectivity index is 2.34. The Morgan fingerprint density at radius 2 is 1.82 bits per heavy atom. The van der Waals surface area contributed by atoms with Crippen LogP contribution in [0.2, 0.25) is 5.02 Å². The van der Waals surface area contributed by atoms with Crippen LogP contribution in [0, 0.1) is 5.92 Å². The third-order valence-electron chi connectivity index (χ3n) is 6.33. The van der Waals surface area contributed by atoms with Crippen LogP contribution in [-0.2, 0) is 25.5 Å². The average molecular weight is 564 g/mol. The molecular weight excluding hydrogens is 527 g/mol. The van der Waals surface area contributed by atoms with Crippen LogP contribution in [0.3, 0.4) is 0 Å². The van der Waals surface area contributed by atoms with E-state index in [1.54, 1.807) is 31.2 Å². The van der Waals surface area contributed by atoms with Crippen molar-refractivity contribution in [3.05, 3.63) is 34.9 Å². The van der Waals surface area contributed by atoms with Gasteiger partial charge >= 0.3 is 12.1 Å². The number of amides is 2. The topological polar surface area (TPSA) is 122 Å². The van der Waals surface area contributed by atoms with E-state index in [4.69, 9.17) is 27.2 Å². The van der Waals surface area contributed by atoms with Crippen molar-refractivity contribution in [2.24, 2.45) is 11.7 Å². The first-order valence-corrected chi connectivity index (χ1v) is 12.8. The molecule has 0 aromatic heterocycles. The van der Waals surface area contributed by atoms with Crippen molar-refractivity contribution in [3.8, 4) is 0 Å². The van der Waals surface area contributed by atoms with Crippen molar-refractivity contribution in [1.29, 1.82) is 0 Å². The molecule has 1 fully saturated rings. The second kappa shape index (κ2) is 12.7. The summed E-state index contributed by atoms with van der Waals surface area (Å²) in [5, 5.41) is 12.6. The normalized spacial score (nSPS) is 20.9. The summed E-state index contributed by atoms with van der Waals surface area (Å²) in [6.45, 7) is 7.20. The van der Waals surface area contributed by atoms with E-state index in [-0.39, 0.29) is 19.5 Å². The minimum absolute atomic E-state index is 0.102. The Hall–Kier alpha value is -2.37. The number of likely N-dealkylation sites (tertiary alicyclic amines) is 1. The van der Waals surface area contributed by atoms with Gasteiger partial charge in [-0.3, -0.25) is 14.4 Å². The zero-order valence-electron chi connectivity index (χ0n) is 22.1. The van der Waals surface area contributed by atoms with Crippen LogP contribution in [0.4, 0.5) is 13.2 Å². The number of hydrogen-bond acceptors (Lipinski definition) is 5. The van der Waals surface area contributed by atoms with Crippen LogP contribution in [0.25, 0.3) is 0 Å². The third kappa shape index (κ3) is 10.1. The smallest absolute Gasteiger partial charge is 0.389 e. The van der Waals surface area contributed by atoms with Crippen molar-refractivity contribution < 1.29 is 37.4 Å². The number of carbonyl (C=O) groups is 3. The van der Waals surface area contributed by atoms with E-state index >= 15 is 0 Å². The SMILES string of the molecule is CC(OC(C)(C)C)C(N)C(=O)N[C@@]1(Cc2ccc(Cl)cc2)CCCN(C(=O)C(CC(=O)O)CC(F)(F)F)C1. The zero-order chi connectivity index (χ0) is 28.9. The second-order valence-corrected chi connectivity index (χ2v) is 11.4. The van der Waals surface area contributed by atoms with E-state index in [0.717, 1.165) is 5.56 Å². The number of halogens is 4. The summed E-state index contributed by atoms with van der Waals surface area (Å²) in [6, 6.07) is 5.83. The molecule has 2 rings (SSSR count). The highest BCUT2D eigenvalue weighted by atomic mass is 35.5. The minimum Gasteiger partial charge on any atom is -0.481 e. The van der Waals surface area contributed by atoms with Gasteiger partial charge in [-0.25, -0.2) is 0 Å². The Kier molecular flexibility index (Phi) is 10.6. The lowest BCUT2D eigenvalue weighted by molar-refractivity contribution is -0.164. The summed E-state index contributed by atoms with van der Waals surface area (Å²) < 4.78 is 45.3. The van der Waals surface area contributed by atoms with Crippen LogP contribution >= 0.6 is 11.6 Å². The number of nitrogens with zero attached hydrogens (tertiary/aromatic N) is 1. The largest absolute Gasteiger partial charge is 0.481 e. The molecule has 1 saturated heterocycles. The highest BCUT2D eigenvalue weighted by Crippen LogP contribution is 2.32. The van der Waals surface area contributed by atoms with Crippen LogP contribution < -0.4 is 11.1 Å². The van der Waals surface area contributed by atoms with E-state index in [9.17, 15) is 27.6 Å². The number of carbonyl (C=O) groups excluding carboxylic acids is 2. The number of piperidine rings is 1. The predicted molar refractivity (Wildman–Crippen MR) is 137 cm³/mol. The van der Waals surface area contributed by atoms with Gasteiger partial charge in [-0.1, -0.05) is 23.7 Å². The maximum atomic E-state index is 13.3. The van der Waals surface area contributed by atoms with Gasteiger partial charge in [-0.15, -0.1) is 0 Å². The molecule has 0 radical (unpaired) electrons. The monoisotopic (exact) mass is 563 g/mol. The Morgan fingerprint density at radius 3 is 2.34 bits per heavy atom. The molecule has 0 bridgehead atoms. The number of benzene rings is 1. The van der Waals surface area contributed by atoms with Gasteiger partial charge in [0.05, 0.1) is 36.0 Å². The lowest BCUT2D eigenvalue weighted by Crippen LogP contribution is -2.64. The number of aliphatic carboxylic acids is 1. The fourth-order valence-electron chi connectivity index (χ4n) is 4.79. The molecule has 2 amide bonds. The Bertz CT molecular complexity index is 984. The first-order valence-electron chi connectivity index (χ1n) is 12.5. The number of carboxylic acids is 1. The van der Waals surface area contributed by atoms with Gasteiger partial charge in [-0.2, -0.15) is 13.2 Å². The van der Waals surface area contributed by atoms with Crippen LogP contribution in [-0.4, -0.2) is 70.3 Å². The minimum atomic E-state index is -4.71. The molecular formula is C26H37ClF3N3O5. The first-order chi connectivity index (χ1) is 17.4. The molecule has 4 N–H and O–H groups in total. The van der Waals surface area contributed by atoms with Crippen molar-refractivity contribution in [1.82, 2.24) is 10.2 Å². The summed E-state index contributed by atoms with van der Waals surface area (Å²) >= 11 is 6.00. The average Bonchev–Trinajstić information content (AvgIpc) is 2.76. The highest BCUT2D eigenvalue weighted by molar-refractivity contribution is 6.30. The molecule has 8 nitrogen and oxygen atoms in total. The number of alkyl halides is 3. The van der Waals surface area contributed by atoms with Crippen LogP contribution in [0.1, 0.15) is 58.9 Å². The van der Waals surface area contributed by atoms with Gasteiger partial charge in [-0.05, 0) is 64.7 Å². The summed E-state index contributed by atoms with van der Waals surface area (Å²) in [5.74, 6) is -4.70. The third-order valence-corrected chi connectivity index (χ3v) is 6.58. The number of ether oxygens (including phenoxy) is 1. The van der Waals surface area contributed by atoms with Crippen molar-refractivity contribution in [2.75, 3.05) is 13.1 Å². The van der Waals surface area contributed by atoms with Crippen LogP contribution in [0.5, 0.6) is 0 Å². The zero-order valence-corrected chi connectivity index (χ0v) is 22.9. The molecule has 38 heavy (non-hydrogen) atoms.